The van der Waals surface area contributed by atoms with Gasteiger partial charge in [-0.2, -0.15) is 5.26 Å². The summed E-state index contributed by atoms with van der Waals surface area (Å²) in [4.78, 5) is 11.8. The van der Waals surface area contributed by atoms with Crippen LogP contribution in [0, 0.1) is 11.3 Å². The average Bonchev–Trinajstić information content (AvgIpc) is 2.49. The fourth-order valence-electron chi connectivity index (χ4n) is 1.85. The van der Waals surface area contributed by atoms with Gasteiger partial charge >= 0.3 is 5.97 Å². The molecule has 0 atom stereocenters. The standard InChI is InChI=1S/C15H12ClN3O2/c1-21-15(20)11-6-10(18)7-12(16)14(11)19-13-5-3-2-4-9(13)8-17/h2-7,19H,18H2,1H3. The van der Waals surface area contributed by atoms with E-state index in [2.05, 4.69) is 11.4 Å². The maximum atomic E-state index is 11.8. The van der Waals surface area contributed by atoms with Gasteiger partial charge in [-0.05, 0) is 24.3 Å². The predicted octanol–water partition coefficient (Wildman–Crippen LogP) is 3.32. The number of nitrogens with one attached hydrogen (secondary N) is 1. The van der Waals surface area contributed by atoms with Gasteiger partial charge in [0.25, 0.3) is 0 Å². The molecule has 2 aromatic carbocycles. The number of para-hydroxylation sites is 1. The molecular weight excluding hydrogens is 290 g/mol. The molecule has 0 bridgehead atoms. The van der Waals surface area contributed by atoms with Crippen LogP contribution in [0.25, 0.3) is 0 Å². The van der Waals surface area contributed by atoms with Crippen molar-refractivity contribution < 1.29 is 9.53 Å². The number of hydrogen-bond acceptors (Lipinski definition) is 5. The monoisotopic (exact) mass is 301 g/mol. The zero-order chi connectivity index (χ0) is 15.4. The number of esters is 1. The van der Waals surface area contributed by atoms with E-state index < -0.39 is 5.97 Å². The van der Waals surface area contributed by atoms with Crippen molar-refractivity contribution in [2.24, 2.45) is 0 Å². The van der Waals surface area contributed by atoms with Crippen LogP contribution in [-0.4, -0.2) is 13.1 Å². The van der Waals surface area contributed by atoms with Crippen LogP contribution in [0.1, 0.15) is 15.9 Å². The van der Waals surface area contributed by atoms with E-state index >= 15 is 0 Å². The first-order chi connectivity index (χ1) is 10.1. The minimum absolute atomic E-state index is 0.204. The molecule has 21 heavy (non-hydrogen) atoms. The lowest BCUT2D eigenvalue weighted by Gasteiger charge is -2.14. The van der Waals surface area contributed by atoms with E-state index in [1.807, 2.05) is 0 Å². The molecule has 0 heterocycles. The summed E-state index contributed by atoms with van der Waals surface area (Å²) in [5, 5.41) is 12.4. The highest BCUT2D eigenvalue weighted by molar-refractivity contribution is 6.34. The second-order valence-corrected chi connectivity index (χ2v) is 4.61. The van der Waals surface area contributed by atoms with Crippen molar-refractivity contribution in [3.63, 3.8) is 0 Å². The van der Waals surface area contributed by atoms with Crippen LogP contribution in [0.3, 0.4) is 0 Å². The van der Waals surface area contributed by atoms with Crippen LogP contribution in [0.2, 0.25) is 5.02 Å². The Kier molecular flexibility index (Phi) is 4.31. The predicted molar refractivity (Wildman–Crippen MR) is 81.6 cm³/mol. The molecule has 0 fully saturated rings. The van der Waals surface area contributed by atoms with Gasteiger partial charge in [-0.15, -0.1) is 0 Å². The highest BCUT2D eigenvalue weighted by Crippen LogP contribution is 2.33. The van der Waals surface area contributed by atoms with Crippen LogP contribution < -0.4 is 11.1 Å². The first kappa shape index (κ1) is 14.7. The molecule has 0 radical (unpaired) electrons. The second kappa shape index (κ2) is 6.16. The molecule has 3 N–H and O–H groups in total. The van der Waals surface area contributed by atoms with Crippen LogP contribution in [0.15, 0.2) is 36.4 Å². The van der Waals surface area contributed by atoms with Gasteiger partial charge in [0.15, 0.2) is 0 Å². The Balaban J connectivity index is 2.54. The first-order valence-electron chi connectivity index (χ1n) is 6.00. The maximum Gasteiger partial charge on any atom is 0.340 e. The number of nitrogen functional groups attached to an aromatic ring is 1. The molecule has 0 aliphatic carbocycles. The van der Waals surface area contributed by atoms with E-state index in [0.29, 0.717) is 22.6 Å². The van der Waals surface area contributed by atoms with Crippen molar-refractivity contribution >= 4 is 34.6 Å². The van der Waals surface area contributed by atoms with Crippen LogP contribution in [-0.2, 0) is 4.74 Å². The highest BCUT2D eigenvalue weighted by Gasteiger charge is 2.17. The molecule has 0 saturated heterocycles. The molecule has 0 aliphatic heterocycles. The number of carbonyl (C=O) groups is 1. The Morgan fingerprint density at radius 3 is 2.76 bits per heavy atom. The number of nitrogens with zero attached hydrogens (tertiary/aromatic N) is 1. The minimum Gasteiger partial charge on any atom is -0.465 e. The number of carbonyl (C=O) groups excluding carboxylic acids is 1. The van der Waals surface area contributed by atoms with Crippen molar-refractivity contribution in [2.45, 2.75) is 0 Å². The molecule has 0 spiro atoms. The molecular formula is C15H12ClN3O2. The number of hydrogen-bond donors (Lipinski definition) is 2. The Hall–Kier alpha value is -2.71. The summed E-state index contributed by atoms with van der Waals surface area (Å²) < 4.78 is 4.72. The van der Waals surface area contributed by atoms with Gasteiger partial charge in [0, 0.05) is 5.69 Å². The normalized spacial score (nSPS) is 9.76. The minimum atomic E-state index is -0.568. The second-order valence-electron chi connectivity index (χ2n) is 4.20. The lowest BCUT2D eigenvalue weighted by Crippen LogP contribution is -2.08. The van der Waals surface area contributed by atoms with Gasteiger partial charge in [-0.1, -0.05) is 23.7 Å². The van der Waals surface area contributed by atoms with E-state index in [-0.39, 0.29) is 10.6 Å². The van der Waals surface area contributed by atoms with Crippen LogP contribution >= 0.6 is 11.6 Å². The number of nitriles is 1. The molecule has 0 unspecified atom stereocenters. The third-order valence-electron chi connectivity index (χ3n) is 2.83. The summed E-state index contributed by atoms with van der Waals surface area (Å²) in [6.07, 6.45) is 0. The quantitative estimate of drug-likeness (QED) is 0.670. The number of nitrogens with two attached hydrogens (primary N) is 1. The number of halogens is 1. The van der Waals surface area contributed by atoms with Crippen LogP contribution in [0.4, 0.5) is 17.1 Å². The summed E-state index contributed by atoms with van der Waals surface area (Å²) in [6, 6.07) is 11.9. The van der Waals surface area contributed by atoms with Gasteiger partial charge in [0.1, 0.15) is 6.07 Å². The SMILES string of the molecule is COC(=O)c1cc(N)cc(Cl)c1Nc1ccccc1C#N. The number of ether oxygens (including phenoxy) is 1. The summed E-state index contributed by atoms with van der Waals surface area (Å²) in [5.74, 6) is -0.568. The Labute approximate surface area is 126 Å². The molecule has 2 rings (SSSR count). The number of anilines is 3. The summed E-state index contributed by atoms with van der Waals surface area (Å²) in [7, 11) is 1.27. The van der Waals surface area contributed by atoms with Gasteiger partial charge in [0.2, 0.25) is 0 Å². The Morgan fingerprint density at radius 2 is 2.10 bits per heavy atom. The molecule has 0 amide bonds. The van der Waals surface area contributed by atoms with Gasteiger partial charge in [-0.25, -0.2) is 4.79 Å². The molecule has 2 aromatic rings. The van der Waals surface area contributed by atoms with E-state index in [0.717, 1.165) is 0 Å². The lowest BCUT2D eigenvalue weighted by molar-refractivity contribution is 0.0602. The lowest BCUT2D eigenvalue weighted by atomic mass is 10.1. The zero-order valence-corrected chi connectivity index (χ0v) is 11.9. The molecule has 0 saturated carbocycles. The molecule has 5 nitrogen and oxygen atoms in total. The third kappa shape index (κ3) is 3.07. The highest BCUT2D eigenvalue weighted by atomic mass is 35.5. The fraction of sp³-hybridized carbons (Fsp3) is 0.0667. The number of rotatable bonds is 3. The Morgan fingerprint density at radius 1 is 1.38 bits per heavy atom. The molecule has 6 heteroatoms. The van der Waals surface area contributed by atoms with E-state index in [1.54, 1.807) is 24.3 Å². The van der Waals surface area contributed by atoms with E-state index in [9.17, 15) is 4.79 Å². The van der Waals surface area contributed by atoms with Crippen molar-refractivity contribution in [3.05, 3.63) is 52.5 Å². The van der Waals surface area contributed by atoms with E-state index in [4.69, 9.17) is 27.3 Å². The van der Waals surface area contributed by atoms with Crippen molar-refractivity contribution in [3.8, 4) is 6.07 Å². The van der Waals surface area contributed by atoms with E-state index in [1.165, 1.54) is 19.2 Å². The average molecular weight is 302 g/mol. The fourth-order valence-corrected chi connectivity index (χ4v) is 2.12. The zero-order valence-electron chi connectivity index (χ0n) is 11.2. The summed E-state index contributed by atoms with van der Waals surface area (Å²) in [5.41, 5.74) is 7.57. The first-order valence-corrected chi connectivity index (χ1v) is 6.38. The van der Waals surface area contributed by atoms with Crippen molar-refractivity contribution in [2.75, 3.05) is 18.2 Å². The van der Waals surface area contributed by atoms with Crippen molar-refractivity contribution in [1.29, 1.82) is 5.26 Å². The van der Waals surface area contributed by atoms with Gasteiger partial charge < -0.3 is 15.8 Å². The molecule has 106 valence electrons. The maximum absolute atomic E-state index is 11.8. The smallest absolute Gasteiger partial charge is 0.340 e. The molecule has 0 aliphatic rings. The topological polar surface area (TPSA) is 88.1 Å². The number of benzene rings is 2. The molecule has 0 aromatic heterocycles. The van der Waals surface area contributed by atoms with Crippen molar-refractivity contribution in [1.82, 2.24) is 0 Å². The van der Waals surface area contributed by atoms with Gasteiger partial charge in [0.05, 0.1) is 34.6 Å². The van der Waals surface area contributed by atoms with Crippen LogP contribution in [0.5, 0.6) is 0 Å². The Bertz CT molecular complexity index is 738. The summed E-state index contributed by atoms with van der Waals surface area (Å²) in [6.45, 7) is 0. The number of methoxy groups -OCH3 is 1. The summed E-state index contributed by atoms with van der Waals surface area (Å²) >= 11 is 6.15. The largest absolute Gasteiger partial charge is 0.465 e. The van der Waals surface area contributed by atoms with Gasteiger partial charge in [-0.3, -0.25) is 0 Å². The third-order valence-corrected chi connectivity index (χ3v) is 3.12.